The molecule has 214 valence electrons. The van der Waals surface area contributed by atoms with Crippen molar-refractivity contribution in [1.82, 2.24) is 19.5 Å². The number of piperazine rings is 1. The van der Waals surface area contributed by atoms with E-state index in [9.17, 15) is 14.4 Å². The highest BCUT2D eigenvalue weighted by Crippen LogP contribution is 2.39. The molecule has 0 unspecified atom stereocenters. The van der Waals surface area contributed by atoms with Crippen LogP contribution in [-0.4, -0.2) is 64.2 Å². The number of carbonyl (C=O) groups excluding carboxylic acids is 1. The Bertz CT molecular complexity index is 1960. The molecule has 9 nitrogen and oxygen atoms in total. The van der Waals surface area contributed by atoms with Gasteiger partial charge in [0.1, 0.15) is 28.1 Å². The molecule has 12 heteroatoms. The number of aromatic nitrogens is 3. The molecule has 0 N–H and O–H groups in total. The normalized spacial score (nSPS) is 21.7. The summed E-state index contributed by atoms with van der Waals surface area (Å²) in [5.74, 6) is -1.74. The monoisotopic (exact) mass is 587 g/mol. The Morgan fingerprint density at radius 2 is 1.90 bits per heavy atom. The lowest BCUT2D eigenvalue weighted by molar-refractivity contribution is 0.0240. The minimum Gasteiger partial charge on any atom is -0.444 e. The molecule has 4 aromatic rings. The zero-order valence-corrected chi connectivity index (χ0v) is 23.6. The number of amides is 1. The number of rotatable bonds is 5. The summed E-state index contributed by atoms with van der Waals surface area (Å²) < 4.78 is 105. The Balaban J connectivity index is 1.68. The molecule has 4 heterocycles. The van der Waals surface area contributed by atoms with Crippen molar-refractivity contribution in [3.63, 3.8) is 0 Å². The summed E-state index contributed by atoms with van der Waals surface area (Å²) in [4.78, 5) is 19.2. The van der Waals surface area contributed by atoms with Crippen molar-refractivity contribution in [1.29, 1.82) is 5.26 Å². The third kappa shape index (κ3) is 5.67. The van der Waals surface area contributed by atoms with Crippen LogP contribution in [0, 0.1) is 23.0 Å². The molecule has 5 rings (SSSR count). The number of ether oxygens (including phenoxy) is 1. The highest BCUT2D eigenvalue weighted by atomic mass is 32.1. The van der Waals surface area contributed by atoms with Gasteiger partial charge in [0.15, 0.2) is 10.9 Å². The Morgan fingerprint density at radius 1 is 1.22 bits per heavy atom. The van der Waals surface area contributed by atoms with Crippen molar-refractivity contribution in [3.8, 4) is 17.3 Å². The number of anilines is 3. The van der Waals surface area contributed by atoms with E-state index in [1.807, 2.05) is 0 Å². The van der Waals surface area contributed by atoms with Gasteiger partial charge in [-0.3, -0.25) is 0 Å². The van der Waals surface area contributed by atoms with Gasteiger partial charge in [0.05, 0.1) is 39.7 Å². The van der Waals surface area contributed by atoms with Crippen LogP contribution in [0.15, 0.2) is 36.5 Å². The molecular weight excluding hydrogens is 548 g/mol. The number of fused-ring (bicyclic) bond motifs is 1. The third-order valence-corrected chi connectivity index (χ3v) is 6.94. The average Bonchev–Trinajstić information content (AvgIpc) is 3.56. The van der Waals surface area contributed by atoms with Crippen LogP contribution in [0.1, 0.15) is 49.2 Å². The maximum Gasteiger partial charge on any atom is 0.410 e. The third-order valence-electron chi connectivity index (χ3n) is 5.90. The summed E-state index contributed by atoms with van der Waals surface area (Å²) >= 11 is 1.00. The molecule has 1 aliphatic rings. The molecule has 0 atom stereocenters. The summed E-state index contributed by atoms with van der Waals surface area (Å²) in [5.41, 5.74) is -0.606. The van der Waals surface area contributed by atoms with Crippen molar-refractivity contribution < 1.29 is 29.3 Å². The Labute approximate surface area is 252 Å². The van der Waals surface area contributed by atoms with E-state index in [0.29, 0.717) is 23.4 Å². The fourth-order valence-electron chi connectivity index (χ4n) is 4.07. The lowest BCUT2D eigenvalue weighted by Gasteiger charge is -2.36. The minimum atomic E-state index is -3.61. The molecule has 1 aliphatic heterocycles. The fourth-order valence-corrected chi connectivity index (χ4v) is 4.92. The summed E-state index contributed by atoms with van der Waals surface area (Å²) in [6.45, 7) is -8.37. The second-order valence-corrected chi connectivity index (χ2v) is 10.9. The number of benzene rings is 1. The Morgan fingerprint density at radius 3 is 2.51 bits per heavy atom. The number of hydrogen-bond donors (Lipinski definition) is 0. The number of pyridine rings is 1. The average molecular weight is 588 g/mol. The molecule has 0 bridgehead atoms. The molecule has 41 heavy (non-hydrogen) atoms. The van der Waals surface area contributed by atoms with Gasteiger partial charge in [0.2, 0.25) is 0 Å². The molecule has 1 fully saturated rings. The Kier molecular flexibility index (Phi) is 5.29. The number of aryl methyl sites for hydroxylation is 1. The van der Waals surface area contributed by atoms with Gasteiger partial charge in [-0.1, -0.05) is 18.3 Å². The zero-order valence-electron chi connectivity index (χ0n) is 30.8. The second kappa shape index (κ2) is 11.0. The number of carbonyl (C=O) groups is 1. The van der Waals surface area contributed by atoms with Crippen molar-refractivity contribution in [2.45, 2.75) is 39.7 Å². The van der Waals surface area contributed by atoms with Crippen LogP contribution in [0.2, 0.25) is 0 Å². The van der Waals surface area contributed by atoms with Gasteiger partial charge in [0, 0.05) is 38.6 Å². The highest BCUT2D eigenvalue weighted by Gasteiger charge is 2.28. The summed E-state index contributed by atoms with van der Waals surface area (Å²) in [7, 11) is 1.59. The van der Waals surface area contributed by atoms with Crippen LogP contribution in [0.5, 0.6) is 0 Å². The second-order valence-electron chi connectivity index (χ2n) is 9.94. The van der Waals surface area contributed by atoms with Crippen LogP contribution in [-0.2, 0) is 11.2 Å². The van der Waals surface area contributed by atoms with Crippen LogP contribution in [0.3, 0.4) is 0 Å². The van der Waals surface area contributed by atoms with Gasteiger partial charge in [-0.25, -0.2) is 23.1 Å². The number of nitrogens with zero attached hydrogens (tertiary/aromatic N) is 7. The van der Waals surface area contributed by atoms with Gasteiger partial charge >= 0.3 is 6.09 Å². The number of thiazole rings is 1. The van der Waals surface area contributed by atoms with Crippen molar-refractivity contribution >= 4 is 39.5 Å². The molecule has 1 aromatic carbocycles. The van der Waals surface area contributed by atoms with E-state index in [1.54, 1.807) is 18.9 Å². The quantitative estimate of drug-likeness (QED) is 0.283. The van der Waals surface area contributed by atoms with E-state index in [2.05, 4.69) is 16.2 Å². The summed E-state index contributed by atoms with van der Waals surface area (Å²) in [5, 5.41) is 14.5. The Hall–Kier alpha value is -4.24. The van der Waals surface area contributed by atoms with Crippen LogP contribution < -0.4 is 9.80 Å². The van der Waals surface area contributed by atoms with E-state index in [-0.39, 0.29) is 31.0 Å². The van der Waals surface area contributed by atoms with E-state index in [0.717, 1.165) is 28.1 Å². The summed E-state index contributed by atoms with van der Waals surface area (Å²) in [6, 6.07) is 8.49. The molecule has 1 saturated heterocycles. The SMILES string of the molecule is [2H]C1([2H])N(C(=O)OC(C)(C)C)C([2H])([2H])C([2H])([2H])N(c2cc3c(N(C)c4nc(-c5ccc(F)cc5)c(C#N)s4)c(CC)nn3cc2F)C1([2H])[2H]. The molecule has 0 aliphatic carbocycles. The van der Waals surface area contributed by atoms with E-state index in [4.69, 9.17) is 15.7 Å². The number of hydrogen-bond acceptors (Lipinski definition) is 8. The maximum atomic E-state index is 16.0. The number of halogens is 2. The first-order valence-corrected chi connectivity index (χ1v) is 13.3. The first-order valence-electron chi connectivity index (χ1n) is 16.5. The van der Waals surface area contributed by atoms with Gasteiger partial charge in [0.25, 0.3) is 0 Å². The van der Waals surface area contributed by atoms with Crippen molar-refractivity contribution in [2.24, 2.45) is 0 Å². The van der Waals surface area contributed by atoms with Crippen LogP contribution in [0.25, 0.3) is 16.8 Å². The van der Waals surface area contributed by atoms with E-state index >= 15 is 4.39 Å². The van der Waals surface area contributed by atoms with E-state index < -0.39 is 55.0 Å². The molecule has 0 spiro atoms. The number of nitriles is 1. The van der Waals surface area contributed by atoms with Crippen LogP contribution >= 0.6 is 11.3 Å². The molecule has 0 saturated carbocycles. The fraction of sp³-hybridized carbons (Fsp3) is 0.379. The molecule has 3 aromatic heterocycles. The van der Waals surface area contributed by atoms with Gasteiger partial charge in [-0.05, 0) is 57.5 Å². The molecule has 1 amide bonds. The predicted molar refractivity (Wildman–Crippen MR) is 155 cm³/mol. The first-order chi connectivity index (χ1) is 22.5. The molecular formula is C29H31F2N7O2S. The highest BCUT2D eigenvalue weighted by molar-refractivity contribution is 7.16. The van der Waals surface area contributed by atoms with Crippen molar-refractivity contribution in [3.05, 3.63) is 58.7 Å². The van der Waals surface area contributed by atoms with Crippen molar-refractivity contribution in [2.75, 3.05) is 42.8 Å². The lowest BCUT2D eigenvalue weighted by Crippen LogP contribution is -2.50. The topological polar surface area (TPSA) is 90.0 Å². The van der Waals surface area contributed by atoms with Crippen LogP contribution in [0.4, 0.5) is 30.1 Å². The largest absolute Gasteiger partial charge is 0.444 e. The van der Waals surface area contributed by atoms with Gasteiger partial charge in [-0.2, -0.15) is 10.4 Å². The summed E-state index contributed by atoms with van der Waals surface area (Å²) in [6.07, 6.45) is -0.537. The minimum absolute atomic E-state index is 0.0163. The predicted octanol–water partition coefficient (Wildman–Crippen LogP) is 6.00. The van der Waals surface area contributed by atoms with Gasteiger partial charge < -0.3 is 19.4 Å². The zero-order chi connectivity index (χ0) is 36.6. The lowest BCUT2D eigenvalue weighted by atomic mass is 10.1. The van der Waals surface area contributed by atoms with E-state index in [1.165, 1.54) is 45.0 Å². The van der Waals surface area contributed by atoms with Gasteiger partial charge in [-0.15, -0.1) is 0 Å². The first kappa shape index (κ1) is 19.8. The molecule has 0 radical (unpaired) electrons. The maximum absolute atomic E-state index is 16.0. The smallest absolute Gasteiger partial charge is 0.410 e. The standard InChI is InChI=1S/C29H31F2N7O2S/c1-6-21-26(35(5)27-33-25(24(16-32)41-27)18-7-9-19(30)10-8-18)23-15-22(20(31)17-38(23)34-21)36-11-13-37(14-12-36)28(39)40-29(2,3)4/h7-10,15,17H,6,11-14H2,1-5H3/i11D2,12D2,13D2,14D2.